The lowest BCUT2D eigenvalue weighted by Crippen LogP contribution is -2.35. The Hall–Kier alpha value is -3.40. The zero-order valence-corrected chi connectivity index (χ0v) is 21.1. The first-order chi connectivity index (χ1) is 17.8. The van der Waals surface area contributed by atoms with E-state index in [0.29, 0.717) is 35.8 Å². The van der Waals surface area contributed by atoms with E-state index in [1.54, 1.807) is 19.5 Å². The van der Waals surface area contributed by atoms with Gasteiger partial charge < -0.3 is 24.6 Å². The summed E-state index contributed by atoms with van der Waals surface area (Å²) in [6.07, 6.45) is 13.2. The summed E-state index contributed by atoms with van der Waals surface area (Å²) in [5, 5.41) is 7.58. The van der Waals surface area contributed by atoms with E-state index < -0.39 is 0 Å². The third-order valence-electron chi connectivity index (χ3n) is 6.95. The molecule has 2 saturated heterocycles. The second kappa shape index (κ2) is 12.0. The zero-order chi connectivity index (χ0) is 24.6. The molecule has 2 fully saturated rings. The van der Waals surface area contributed by atoms with Crippen LogP contribution in [0.4, 0.5) is 17.6 Å². The molecule has 0 bridgehead atoms. The van der Waals surface area contributed by atoms with Gasteiger partial charge in [-0.3, -0.25) is 4.68 Å². The summed E-state index contributed by atoms with van der Waals surface area (Å²) >= 11 is 0. The molecule has 0 unspecified atom stereocenters. The number of aromatic nitrogens is 5. The van der Waals surface area contributed by atoms with Gasteiger partial charge in [0.05, 0.1) is 19.9 Å². The van der Waals surface area contributed by atoms with Crippen LogP contribution in [0.3, 0.4) is 0 Å². The third kappa shape index (κ3) is 6.42. The number of pyridine rings is 1. The van der Waals surface area contributed by atoms with Gasteiger partial charge >= 0.3 is 0 Å². The Morgan fingerprint density at radius 1 is 1.06 bits per heavy atom. The van der Waals surface area contributed by atoms with E-state index in [2.05, 4.69) is 30.2 Å². The van der Waals surface area contributed by atoms with Crippen LogP contribution in [0.5, 0.6) is 11.5 Å². The lowest BCUT2D eigenvalue weighted by molar-refractivity contribution is 0.254. The fourth-order valence-corrected chi connectivity index (χ4v) is 4.95. The van der Waals surface area contributed by atoms with Crippen molar-refractivity contribution in [2.24, 2.45) is 5.92 Å². The SMILES string of the molecule is COc1cnc(Nc2nccc(N3CCC(Cn4cccn4)CC3)n2)cc1OCCCN1CCCC1. The maximum Gasteiger partial charge on any atom is 0.230 e. The van der Waals surface area contributed by atoms with Crippen molar-refractivity contribution in [3.05, 3.63) is 43.0 Å². The molecule has 3 aromatic rings. The molecule has 2 aliphatic heterocycles. The molecule has 5 heterocycles. The molecular weight excluding hydrogens is 456 g/mol. The smallest absolute Gasteiger partial charge is 0.230 e. The number of nitrogens with one attached hydrogen (secondary N) is 1. The minimum Gasteiger partial charge on any atom is -0.491 e. The van der Waals surface area contributed by atoms with Crippen molar-refractivity contribution in [3.63, 3.8) is 0 Å². The van der Waals surface area contributed by atoms with Gasteiger partial charge in [0.1, 0.15) is 11.6 Å². The molecular formula is C26H36N8O2. The van der Waals surface area contributed by atoms with Crippen molar-refractivity contribution in [1.29, 1.82) is 0 Å². The molecule has 2 aliphatic rings. The lowest BCUT2D eigenvalue weighted by atomic mass is 9.97. The molecule has 10 heteroatoms. The summed E-state index contributed by atoms with van der Waals surface area (Å²) in [5.41, 5.74) is 0. The fraction of sp³-hybridized carbons (Fsp3) is 0.538. The van der Waals surface area contributed by atoms with E-state index in [-0.39, 0.29) is 0 Å². The highest BCUT2D eigenvalue weighted by atomic mass is 16.5. The van der Waals surface area contributed by atoms with E-state index in [1.807, 2.05) is 35.3 Å². The van der Waals surface area contributed by atoms with Gasteiger partial charge in [-0.2, -0.15) is 10.1 Å². The number of anilines is 3. The highest BCUT2D eigenvalue weighted by molar-refractivity contribution is 5.55. The summed E-state index contributed by atoms with van der Waals surface area (Å²) in [6.45, 7) is 7.03. The summed E-state index contributed by atoms with van der Waals surface area (Å²) in [6, 6.07) is 5.80. The highest BCUT2D eigenvalue weighted by Crippen LogP contribution is 2.30. The number of hydrogen-bond acceptors (Lipinski definition) is 9. The zero-order valence-electron chi connectivity index (χ0n) is 21.1. The predicted molar refractivity (Wildman–Crippen MR) is 139 cm³/mol. The van der Waals surface area contributed by atoms with Gasteiger partial charge in [-0.15, -0.1) is 0 Å². The first kappa shape index (κ1) is 24.3. The predicted octanol–water partition coefficient (Wildman–Crippen LogP) is 3.60. The number of likely N-dealkylation sites (tertiary alicyclic amines) is 1. The standard InChI is InChI=1S/C26H36N8O2/c1-35-23-19-28-24(18-22(23)36-17-5-13-32-11-2-3-12-32)30-26-27-10-6-25(31-26)33-15-7-21(8-16-33)20-34-14-4-9-29-34/h4,6,9-10,14,18-19,21H,2-3,5,7-8,11-13,15-17,20H2,1H3,(H,27,28,30,31). The minimum atomic E-state index is 0.517. The molecule has 5 rings (SSSR count). The number of nitrogens with zero attached hydrogens (tertiary/aromatic N) is 7. The monoisotopic (exact) mass is 492 g/mol. The van der Waals surface area contributed by atoms with Crippen LogP contribution >= 0.6 is 0 Å². The maximum absolute atomic E-state index is 6.05. The van der Waals surface area contributed by atoms with Gasteiger partial charge in [-0.1, -0.05) is 0 Å². The fourth-order valence-electron chi connectivity index (χ4n) is 4.95. The number of rotatable bonds is 11. The summed E-state index contributed by atoms with van der Waals surface area (Å²) in [5.74, 6) is 4.00. The minimum absolute atomic E-state index is 0.517. The van der Waals surface area contributed by atoms with Crippen LogP contribution in [0.15, 0.2) is 43.0 Å². The molecule has 0 aliphatic carbocycles. The van der Waals surface area contributed by atoms with Crippen LogP contribution in [0, 0.1) is 5.92 Å². The molecule has 0 amide bonds. The summed E-state index contributed by atoms with van der Waals surface area (Å²) in [7, 11) is 1.63. The molecule has 1 N–H and O–H groups in total. The Kier molecular flexibility index (Phi) is 8.12. The Morgan fingerprint density at radius 3 is 2.69 bits per heavy atom. The van der Waals surface area contributed by atoms with Gasteiger partial charge in [0, 0.05) is 50.8 Å². The average molecular weight is 493 g/mol. The maximum atomic E-state index is 6.05. The van der Waals surface area contributed by atoms with Gasteiger partial charge in [0.2, 0.25) is 5.95 Å². The Balaban J connectivity index is 1.15. The Morgan fingerprint density at radius 2 is 1.92 bits per heavy atom. The number of methoxy groups -OCH3 is 1. The van der Waals surface area contributed by atoms with E-state index in [9.17, 15) is 0 Å². The Bertz CT molecular complexity index is 1080. The molecule has 0 spiro atoms. The van der Waals surface area contributed by atoms with Gasteiger partial charge in [-0.05, 0) is 63.2 Å². The van der Waals surface area contributed by atoms with Crippen molar-refractivity contribution in [1.82, 2.24) is 29.6 Å². The highest BCUT2D eigenvalue weighted by Gasteiger charge is 2.21. The largest absolute Gasteiger partial charge is 0.491 e. The van der Waals surface area contributed by atoms with E-state index in [4.69, 9.17) is 14.5 Å². The van der Waals surface area contributed by atoms with Crippen molar-refractivity contribution >= 4 is 17.6 Å². The van der Waals surface area contributed by atoms with Crippen molar-refractivity contribution in [2.45, 2.75) is 38.6 Å². The molecule has 0 aromatic carbocycles. The van der Waals surface area contributed by atoms with Crippen LogP contribution in [0.2, 0.25) is 0 Å². The second-order valence-electron chi connectivity index (χ2n) is 9.49. The topological polar surface area (TPSA) is 93.5 Å². The van der Waals surface area contributed by atoms with Crippen molar-refractivity contribution in [2.75, 3.05) is 56.7 Å². The van der Waals surface area contributed by atoms with Gasteiger partial charge in [0.15, 0.2) is 11.5 Å². The number of piperidine rings is 1. The van der Waals surface area contributed by atoms with Gasteiger partial charge in [-0.25, -0.2) is 9.97 Å². The molecule has 0 saturated carbocycles. The number of hydrogen-bond donors (Lipinski definition) is 1. The summed E-state index contributed by atoms with van der Waals surface area (Å²) in [4.78, 5) is 18.4. The molecule has 10 nitrogen and oxygen atoms in total. The van der Waals surface area contributed by atoms with Crippen LogP contribution in [0.25, 0.3) is 0 Å². The summed E-state index contributed by atoms with van der Waals surface area (Å²) < 4.78 is 13.5. The van der Waals surface area contributed by atoms with Crippen molar-refractivity contribution in [3.8, 4) is 11.5 Å². The van der Waals surface area contributed by atoms with Crippen LogP contribution in [-0.4, -0.2) is 76.1 Å². The van der Waals surface area contributed by atoms with E-state index >= 15 is 0 Å². The molecule has 0 atom stereocenters. The second-order valence-corrected chi connectivity index (χ2v) is 9.49. The van der Waals surface area contributed by atoms with E-state index in [1.165, 1.54) is 25.9 Å². The van der Waals surface area contributed by atoms with Crippen LogP contribution in [-0.2, 0) is 6.54 Å². The lowest BCUT2D eigenvalue weighted by Gasteiger charge is -2.32. The normalized spacial score (nSPS) is 16.9. The van der Waals surface area contributed by atoms with Crippen LogP contribution < -0.4 is 19.7 Å². The van der Waals surface area contributed by atoms with Crippen LogP contribution in [0.1, 0.15) is 32.1 Å². The first-order valence-electron chi connectivity index (χ1n) is 13.0. The quantitative estimate of drug-likeness (QED) is 0.403. The van der Waals surface area contributed by atoms with Gasteiger partial charge in [0.25, 0.3) is 0 Å². The molecule has 192 valence electrons. The third-order valence-corrected chi connectivity index (χ3v) is 6.95. The average Bonchev–Trinajstić information content (AvgIpc) is 3.62. The molecule has 36 heavy (non-hydrogen) atoms. The molecule has 0 radical (unpaired) electrons. The first-order valence-corrected chi connectivity index (χ1v) is 13.0. The van der Waals surface area contributed by atoms with Crippen molar-refractivity contribution < 1.29 is 9.47 Å². The Labute approximate surface area is 212 Å². The van der Waals surface area contributed by atoms with E-state index in [0.717, 1.165) is 51.3 Å². The molecule has 3 aromatic heterocycles. The number of ether oxygens (including phenoxy) is 2.